The van der Waals surface area contributed by atoms with Crippen molar-refractivity contribution in [2.24, 2.45) is 0 Å². The smallest absolute Gasteiger partial charge is 0.331 e. The number of rotatable bonds is 7. The second-order valence-corrected chi connectivity index (χ2v) is 8.36. The first-order chi connectivity index (χ1) is 12.4. The minimum atomic E-state index is -3.69. The van der Waals surface area contributed by atoms with Crippen LogP contribution < -0.4 is 4.72 Å². The average molecular weight is 382 g/mol. The van der Waals surface area contributed by atoms with Gasteiger partial charge in [-0.2, -0.15) is 0 Å². The highest BCUT2D eigenvalue weighted by Gasteiger charge is 2.41. The molecule has 0 saturated carbocycles. The summed E-state index contributed by atoms with van der Waals surface area (Å²) in [6, 6.07) is 6.38. The number of nitrogens with zero attached hydrogens (tertiary/aromatic N) is 1. The fourth-order valence-corrected chi connectivity index (χ4v) is 4.94. The van der Waals surface area contributed by atoms with Gasteiger partial charge in [-0.05, 0) is 24.8 Å². The van der Waals surface area contributed by atoms with Crippen LogP contribution >= 0.6 is 0 Å². The third-order valence-corrected chi connectivity index (χ3v) is 6.11. The fourth-order valence-electron chi connectivity index (χ4n) is 3.44. The lowest BCUT2D eigenvalue weighted by atomic mass is 10.1. The van der Waals surface area contributed by atoms with E-state index in [4.69, 9.17) is 4.74 Å². The van der Waals surface area contributed by atoms with Gasteiger partial charge in [0.25, 0.3) is 0 Å². The number of carboxylic acids is 1. The fraction of sp³-hybridized carbons (Fsp3) is 0.529. The van der Waals surface area contributed by atoms with E-state index in [0.717, 1.165) is 6.42 Å². The second-order valence-electron chi connectivity index (χ2n) is 6.56. The van der Waals surface area contributed by atoms with Gasteiger partial charge in [-0.1, -0.05) is 30.3 Å². The van der Waals surface area contributed by atoms with Gasteiger partial charge in [0.2, 0.25) is 15.9 Å². The van der Waals surface area contributed by atoms with Crippen molar-refractivity contribution in [1.82, 2.24) is 9.62 Å². The predicted octanol–water partition coefficient (Wildman–Crippen LogP) is 0.512. The number of hydrogen-bond acceptors (Lipinski definition) is 5. The maximum absolute atomic E-state index is 12.6. The Kier molecular flexibility index (Phi) is 5.59. The Bertz CT molecular complexity index is 761. The monoisotopic (exact) mass is 382 g/mol. The van der Waals surface area contributed by atoms with Crippen molar-refractivity contribution in [3.05, 3.63) is 35.9 Å². The molecule has 2 aliphatic rings. The number of benzene rings is 1. The topological polar surface area (TPSA) is 113 Å². The number of aliphatic carboxylic acids is 1. The largest absolute Gasteiger partial charge is 0.479 e. The molecule has 2 fully saturated rings. The van der Waals surface area contributed by atoms with Gasteiger partial charge in [-0.15, -0.1) is 0 Å². The molecule has 142 valence electrons. The molecule has 0 spiro atoms. The van der Waals surface area contributed by atoms with Gasteiger partial charge in [0.1, 0.15) is 6.04 Å². The van der Waals surface area contributed by atoms with E-state index in [2.05, 4.69) is 4.72 Å². The Morgan fingerprint density at radius 2 is 2.04 bits per heavy atom. The van der Waals surface area contributed by atoms with Crippen molar-refractivity contribution in [2.75, 3.05) is 18.9 Å². The van der Waals surface area contributed by atoms with E-state index < -0.39 is 34.0 Å². The summed E-state index contributed by atoms with van der Waals surface area (Å²) in [5.41, 5.74) is 0.483. The summed E-state index contributed by atoms with van der Waals surface area (Å²) in [5, 5.41) is 9.56. The molecule has 2 heterocycles. The van der Waals surface area contributed by atoms with Gasteiger partial charge >= 0.3 is 5.97 Å². The van der Waals surface area contributed by atoms with Crippen molar-refractivity contribution in [3.8, 4) is 0 Å². The summed E-state index contributed by atoms with van der Waals surface area (Å²) in [6.07, 6.45) is 1.39. The van der Waals surface area contributed by atoms with Crippen LogP contribution in [-0.4, -0.2) is 61.4 Å². The molecule has 1 aromatic carbocycles. The van der Waals surface area contributed by atoms with E-state index in [9.17, 15) is 23.1 Å². The Morgan fingerprint density at radius 1 is 1.31 bits per heavy atom. The molecule has 3 unspecified atom stereocenters. The molecule has 9 heteroatoms. The van der Waals surface area contributed by atoms with E-state index >= 15 is 0 Å². The van der Waals surface area contributed by atoms with Gasteiger partial charge in [0.15, 0.2) is 6.04 Å². The average Bonchev–Trinajstić information content (AvgIpc) is 3.20. The number of hydrogen-bond donors (Lipinski definition) is 2. The zero-order valence-electron chi connectivity index (χ0n) is 14.2. The summed E-state index contributed by atoms with van der Waals surface area (Å²) in [7, 11) is -3.69. The molecule has 8 nitrogen and oxygen atoms in total. The van der Waals surface area contributed by atoms with Gasteiger partial charge in [0, 0.05) is 13.2 Å². The van der Waals surface area contributed by atoms with Crippen LogP contribution in [0.4, 0.5) is 0 Å². The zero-order valence-corrected chi connectivity index (χ0v) is 15.0. The van der Waals surface area contributed by atoms with Crippen LogP contribution in [0, 0.1) is 0 Å². The number of amides is 1. The first kappa shape index (κ1) is 18.8. The third kappa shape index (κ3) is 4.22. The van der Waals surface area contributed by atoms with Crippen LogP contribution in [0.25, 0.3) is 0 Å². The first-order valence-electron chi connectivity index (χ1n) is 8.57. The van der Waals surface area contributed by atoms with Crippen LogP contribution in [-0.2, 0) is 24.3 Å². The molecule has 0 bridgehead atoms. The standard InChI is InChI=1S/C17H22N2O6S/c20-16-14(18-26(23,24)11-13-7-4-10-25-13)8-9-19(16)15(17(21)22)12-5-2-1-3-6-12/h1-3,5-6,13-15,18H,4,7-11H2,(H,21,22). The molecule has 2 saturated heterocycles. The van der Waals surface area contributed by atoms with Crippen LogP contribution in [0.2, 0.25) is 0 Å². The highest BCUT2D eigenvalue weighted by molar-refractivity contribution is 7.89. The lowest BCUT2D eigenvalue weighted by Gasteiger charge is -2.25. The molecule has 3 rings (SSSR count). The van der Waals surface area contributed by atoms with E-state index in [0.29, 0.717) is 18.6 Å². The second kappa shape index (κ2) is 7.73. The maximum atomic E-state index is 12.6. The van der Waals surface area contributed by atoms with Crippen molar-refractivity contribution in [2.45, 2.75) is 37.5 Å². The van der Waals surface area contributed by atoms with Gasteiger partial charge in [-0.25, -0.2) is 17.9 Å². The van der Waals surface area contributed by atoms with Crippen LogP contribution in [0.5, 0.6) is 0 Å². The number of carbonyl (C=O) groups is 2. The van der Waals surface area contributed by atoms with E-state index in [1.165, 1.54) is 4.90 Å². The molecule has 0 radical (unpaired) electrons. The van der Waals surface area contributed by atoms with Crippen LogP contribution in [0.1, 0.15) is 30.9 Å². The Hall–Kier alpha value is -1.97. The lowest BCUT2D eigenvalue weighted by Crippen LogP contribution is -2.45. The van der Waals surface area contributed by atoms with Crippen LogP contribution in [0.3, 0.4) is 0 Å². The molecule has 2 aliphatic heterocycles. The van der Waals surface area contributed by atoms with Crippen molar-refractivity contribution in [1.29, 1.82) is 0 Å². The normalized spacial score (nSPS) is 24.8. The number of likely N-dealkylation sites (tertiary alicyclic amines) is 1. The molecule has 2 N–H and O–H groups in total. The summed E-state index contributed by atoms with van der Waals surface area (Å²) in [4.78, 5) is 25.6. The number of sulfonamides is 1. The highest BCUT2D eigenvalue weighted by Crippen LogP contribution is 2.27. The van der Waals surface area contributed by atoms with Crippen LogP contribution in [0.15, 0.2) is 30.3 Å². The molecule has 3 atom stereocenters. The molecular weight excluding hydrogens is 360 g/mol. The summed E-state index contributed by atoms with van der Waals surface area (Å²) in [6.45, 7) is 0.728. The summed E-state index contributed by atoms with van der Waals surface area (Å²) >= 11 is 0. The molecule has 0 aliphatic carbocycles. The van der Waals surface area contributed by atoms with Gasteiger partial charge in [0.05, 0.1) is 11.9 Å². The predicted molar refractivity (Wildman–Crippen MR) is 92.8 cm³/mol. The molecule has 1 amide bonds. The first-order valence-corrected chi connectivity index (χ1v) is 10.2. The van der Waals surface area contributed by atoms with Crippen molar-refractivity contribution >= 4 is 21.9 Å². The number of ether oxygens (including phenoxy) is 1. The maximum Gasteiger partial charge on any atom is 0.331 e. The Morgan fingerprint density at radius 3 is 2.65 bits per heavy atom. The van der Waals surface area contributed by atoms with E-state index in [-0.39, 0.29) is 24.8 Å². The van der Waals surface area contributed by atoms with E-state index in [1.54, 1.807) is 30.3 Å². The number of carboxylic acid groups (broad SMARTS) is 1. The number of carbonyl (C=O) groups excluding carboxylic acids is 1. The molecule has 26 heavy (non-hydrogen) atoms. The SMILES string of the molecule is O=C(O)C(c1ccccc1)N1CCC(NS(=O)(=O)CC2CCCO2)C1=O. The quantitative estimate of drug-likeness (QED) is 0.711. The Labute approximate surface area is 152 Å². The summed E-state index contributed by atoms with van der Waals surface area (Å²) in [5.74, 6) is -1.85. The molecule has 0 aromatic heterocycles. The lowest BCUT2D eigenvalue weighted by molar-refractivity contribution is -0.149. The van der Waals surface area contributed by atoms with Gasteiger partial charge in [-0.3, -0.25) is 4.79 Å². The van der Waals surface area contributed by atoms with Crippen molar-refractivity contribution in [3.63, 3.8) is 0 Å². The summed E-state index contributed by atoms with van der Waals surface area (Å²) < 4.78 is 32.3. The minimum Gasteiger partial charge on any atom is -0.479 e. The molecular formula is C17H22N2O6S. The van der Waals surface area contributed by atoms with Crippen molar-refractivity contribution < 1.29 is 27.9 Å². The van der Waals surface area contributed by atoms with E-state index in [1.807, 2.05) is 0 Å². The number of nitrogens with one attached hydrogen (secondary N) is 1. The highest BCUT2D eigenvalue weighted by atomic mass is 32.2. The molecule has 1 aromatic rings. The Balaban J connectivity index is 1.69. The van der Waals surface area contributed by atoms with Gasteiger partial charge < -0.3 is 14.7 Å². The zero-order chi connectivity index (χ0) is 18.7. The third-order valence-electron chi connectivity index (χ3n) is 4.65. The minimum absolute atomic E-state index is 0.178.